The number of benzene rings is 4. The lowest BCUT2D eigenvalue weighted by Gasteiger charge is -2.29. The number of thiol groups is 2. The highest BCUT2D eigenvalue weighted by Crippen LogP contribution is 2.23. The molecule has 0 spiro atoms. The van der Waals surface area contributed by atoms with Gasteiger partial charge in [0.05, 0.1) is 31.4 Å². The molecule has 0 radical (unpaired) electrons. The predicted molar refractivity (Wildman–Crippen MR) is 423 cm³/mol. The molecular weight excluding hydrogens is 1520 g/mol. The van der Waals surface area contributed by atoms with Crippen LogP contribution < -0.4 is 75.3 Å². The van der Waals surface area contributed by atoms with Crippen LogP contribution in [-0.4, -0.2) is 226 Å². The first kappa shape index (κ1) is 89.3. The number of nitrogens with one attached hydrogen (secondary N) is 15. The number of H-pyrrole nitrogens is 3. The molecule has 0 saturated carbocycles. The summed E-state index contributed by atoms with van der Waals surface area (Å²) in [5, 5.41) is 72.7. The van der Waals surface area contributed by atoms with Crippen molar-refractivity contribution in [1.82, 2.24) is 83.7 Å². The molecule has 7 rings (SSSR count). The van der Waals surface area contributed by atoms with E-state index >= 15 is 9.59 Å². The van der Waals surface area contributed by atoms with Crippen LogP contribution in [0, 0.1) is 5.92 Å². The van der Waals surface area contributed by atoms with Crippen molar-refractivity contribution in [2.45, 2.75) is 164 Å². The molecule has 0 bridgehead atoms. The maximum atomic E-state index is 15.3. The van der Waals surface area contributed by atoms with E-state index in [0.29, 0.717) is 63.4 Å². The van der Waals surface area contributed by atoms with Crippen molar-refractivity contribution in [3.63, 3.8) is 0 Å². The van der Waals surface area contributed by atoms with E-state index < -0.39 is 186 Å². The SMILES string of the molecule is CC(C)[C@H](NC(=O)[C@H](Cc1c[nH]c2ccccc12)NC(=O)[C@H](CC(=O)O)NC(=O)[C@H](C)NC(=O)[C@@H](N)CS)C(=O)N[C@@H](CS)C(=O)N[C@@H](Cc1ccc(O)cc1)C(=O)N[C@@H](Cc1c[nH]c2ccccc12)C(=O)N[C@@H](Cc1cnc[nH]1)C(=O)N[C@H](C(=O)N[C@@H](Cc1ccccc1)C(=O)NCC(=O)N[C@@H](CCCCN)C(=O)O)[C@@H](C)O. The average Bonchev–Trinajstić information content (AvgIpc) is 1.66. The molecule has 12 amide bonds. The Balaban J connectivity index is 1.13. The lowest BCUT2D eigenvalue weighted by atomic mass is 9.99. The number of nitrogens with two attached hydrogens (primary N) is 2. The van der Waals surface area contributed by atoms with Crippen molar-refractivity contribution >= 4 is 130 Å². The largest absolute Gasteiger partial charge is 0.508 e. The number of aliphatic carboxylic acids is 2. The number of aromatic nitrogens is 4. The van der Waals surface area contributed by atoms with Crippen LogP contribution in [-0.2, 0) is 99.2 Å². The van der Waals surface area contributed by atoms with Gasteiger partial charge in [0.15, 0.2) is 0 Å². The first-order chi connectivity index (χ1) is 54.4. The summed E-state index contributed by atoms with van der Waals surface area (Å²) < 4.78 is 0. The van der Waals surface area contributed by atoms with Crippen LogP contribution in [0.4, 0.5) is 0 Å². The first-order valence-electron chi connectivity index (χ1n) is 36.7. The van der Waals surface area contributed by atoms with E-state index in [-0.39, 0.29) is 55.7 Å². The Morgan fingerprint density at radius 1 is 0.465 bits per heavy atom. The van der Waals surface area contributed by atoms with Crippen molar-refractivity contribution in [1.29, 1.82) is 0 Å². The molecule has 0 unspecified atom stereocenters. The highest BCUT2D eigenvalue weighted by atomic mass is 32.1. The summed E-state index contributed by atoms with van der Waals surface area (Å²) in [6.07, 6.45) is 2.65. The fraction of sp³-hybridized carbons (Fsp3) is 0.408. The number of carboxylic acid groups (broad SMARTS) is 2. The molecule has 0 aliphatic heterocycles. The summed E-state index contributed by atoms with van der Waals surface area (Å²) >= 11 is 8.40. The zero-order valence-electron chi connectivity index (χ0n) is 62.9. The van der Waals surface area contributed by atoms with Gasteiger partial charge in [0.2, 0.25) is 70.9 Å². The van der Waals surface area contributed by atoms with Gasteiger partial charge >= 0.3 is 11.9 Å². The van der Waals surface area contributed by atoms with Crippen LogP contribution in [0.25, 0.3) is 21.8 Å². The van der Waals surface area contributed by atoms with Gasteiger partial charge in [-0.05, 0) is 92.1 Å². The number of fused-ring (bicyclic) bond motifs is 2. The lowest BCUT2D eigenvalue weighted by molar-refractivity contribution is -0.142. The third-order valence-corrected chi connectivity index (χ3v) is 19.2. The molecule has 3 heterocycles. The number of phenols is 1. The maximum absolute atomic E-state index is 15.3. The molecule has 23 N–H and O–H groups in total. The van der Waals surface area contributed by atoms with Gasteiger partial charge in [-0.15, -0.1) is 0 Å². The summed E-state index contributed by atoms with van der Waals surface area (Å²) in [4.78, 5) is 208. The van der Waals surface area contributed by atoms with E-state index in [1.165, 1.54) is 50.6 Å². The molecule has 0 fully saturated rings. The number of para-hydroxylation sites is 2. The summed E-state index contributed by atoms with van der Waals surface area (Å²) in [5.74, 6) is -16.0. The van der Waals surface area contributed by atoms with Gasteiger partial charge in [0.1, 0.15) is 72.2 Å². The van der Waals surface area contributed by atoms with Crippen molar-refractivity contribution in [2.24, 2.45) is 17.4 Å². The van der Waals surface area contributed by atoms with Gasteiger partial charge < -0.3 is 111 Å². The van der Waals surface area contributed by atoms with Crippen LogP contribution >= 0.6 is 25.3 Å². The molecule has 0 saturated heterocycles. The van der Waals surface area contributed by atoms with Gasteiger partial charge in [-0.2, -0.15) is 25.3 Å². The minimum absolute atomic E-state index is 0.0625. The smallest absolute Gasteiger partial charge is 0.326 e. The second kappa shape index (κ2) is 43.8. The summed E-state index contributed by atoms with van der Waals surface area (Å²) in [6, 6.07) is 9.38. The Hall–Kier alpha value is -11.9. The molecular formula is C76H98N18O18S2. The zero-order valence-corrected chi connectivity index (χ0v) is 64.7. The summed E-state index contributed by atoms with van der Waals surface area (Å²) in [7, 11) is 0. The van der Waals surface area contributed by atoms with Crippen LogP contribution in [0.15, 0.2) is 128 Å². The van der Waals surface area contributed by atoms with E-state index in [4.69, 9.17) is 11.5 Å². The number of unbranched alkanes of at least 4 members (excludes halogenated alkanes) is 1. The molecule has 7 aromatic rings. The van der Waals surface area contributed by atoms with Gasteiger partial charge in [0, 0.05) is 89.7 Å². The summed E-state index contributed by atoms with van der Waals surface area (Å²) in [6.45, 7) is 5.16. The molecule has 36 nitrogen and oxygen atoms in total. The van der Waals surface area contributed by atoms with Gasteiger partial charge in [0.25, 0.3) is 0 Å². The van der Waals surface area contributed by atoms with E-state index in [1.807, 2.05) is 0 Å². The molecule has 612 valence electrons. The number of carbonyl (C=O) groups excluding carboxylic acids is 12. The number of imidazole rings is 1. The van der Waals surface area contributed by atoms with E-state index in [9.17, 15) is 78.0 Å². The number of hydrogen-bond acceptors (Lipinski definition) is 21. The van der Waals surface area contributed by atoms with Gasteiger partial charge in [-0.1, -0.05) is 92.7 Å². The Kier molecular flexibility index (Phi) is 34.3. The first-order valence-corrected chi connectivity index (χ1v) is 37.9. The quantitative estimate of drug-likeness (QED) is 0.0145. The van der Waals surface area contributed by atoms with Crippen molar-refractivity contribution in [3.8, 4) is 5.75 Å². The number of aromatic hydroxyl groups is 1. The monoisotopic (exact) mass is 1610 g/mol. The molecule has 3 aromatic heterocycles. The third-order valence-electron chi connectivity index (χ3n) is 18.4. The highest BCUT2D eigenvalue weighted by Gasteiger charge is 2.39. The van der Waals surface area contributed by atoms with Crippen LogP contribution in [0.5, 0.6) is 5.75 Å². The highest BCUT2D eigenvalue weighted by molar-refractivity contribution is 7.80. The van der Waals surface area contributed by atoms with Crippen LogP contribution in [0.1, 0.15) is 81.3 Å². The van der Waals surface area contributed by atoms with Gasteiger partial charge in [-0.25, -0.2) is 9.78 Å². The van der Waals surface area contributed by atoms with E-state index in [2.05, 4.69) is 109 Å². The van der Waals surface area contributed by atoms with E-state index in [0.717, 1.165) is 0 Å². The maximum Gasteiger partial charge on any atom is 0.326 e. The fourth-order valence-corrected chi connectivity index (χ4v) is 12.5. The number of hydrogen-bond donors (Lipinski definition) is 23. The second-order valence-electron chi connectivity index (χ2n) is 27.6. The Morgan fingerprint density at radius 2 is 0.930 bits per heavy atom. The minimum Gasteiger partial charge on any atom is -0.508 e. The molecule has 4 aromatic carbocycles. The molecule has 0 aliphatic carbocycles. The van der Waals surface area contributed by atoms with Crippen LogP contribution in [0.3, 0.4) is 0 Å². The van der Waals surface area contributed by atoms with Gasteiger partial charge in [-0.3, -0.25) is 62.3 Å². The number of aliphatic hydroxyl groups is 1. The zero-order chi connectivity index (χ0) is 83.3. The Labute approximate surface area is 665 Å². The number of phenolic OH excluding ortho intramolecular Hbond substituents is 1. The summed E-state index contributed by atoms with van der Waals surface area (Å²) in [5.41, 5.74) is 14.7. The second-order valence-corrected chi connectivity index (χ2v) is 28.3. The fourth-order valence-electron chi connectivity index (χ4n) is 12.1. The normalized spacial score (nSPS) is 14.7. The standard InChI is InChI=1S/C76H98N18O18S2/c1-39(2)63(93-71(106)57(29-45-33-81-52-19-11-9-17-49(45)52)89-70(105)59(31-62(98)99)86-65(100)40(3)84-66(101)50(78)36-113)74(109)92-60(37-114)73(108)87-55(27-43-21-23-47(96)24-22-43)68(103)88-56(28-44-32-80-51-18-10-8-16-48(44)51)69(104)90-58(30-46-34-79-38-83-46)72(107)94-64(41(4)95)75(110)91-54(26-42-14-6-5-7-15-42)67(102)82-35-61(97)85-53(76(111)112)20-12-13-25-77/h5-11,14-19,21-24,32-34,38-41,50,53-60,63-64,80-81,95-96,113-114H,12-13,20,25-31,35-37,77-78H2,1-4H3,(H,79,83)(H,82,102)(H,84,101)(H,85,97)(H,86,100)(H,87,108)(H,88,103)(H,89,105)(H,90,104)(H,91,110)(H,92,109)(H,93,106)(H,94,107)(H,98,99)(H,111,112)/t40-,41+,50-,53-,54-,55-,56-,57-,58-,59-,60-,63-,64-/m0/s1. The number of aliphatic hydroxyl groups excluding tert-OH is 1. The minimum atomic E-state index is -1.85. The van der Waals surface area contributed by atoms with Crippen molar-refractivity contribution in [3.05, 3.63) is 156 Å². The van der Waals surface area contributed by atoms with Crippen molar-refractivity contribution in [2.75, 3.05) is 24.6 Å². The van der Waals surface area contributed by atoms with Crippen LogP contribution in [0.2, 0.25) is 0 Å². The number of amides is 12. The average molecular weight is 1620 g/mol. The predicted octanol–water partition coefficient (Wildman–Crippen LogP) is -2.03. The number of carbonyl (C=O) groups is 14. The number of rotatable bonds is 45. The molecule has 0 aliphatic rings. The van der Waals surface area contributed by atoms with Crippen molar-refractivity contribution < 1.29 is 87.5 Å². The lowest BCUT2D eigenvalue weighted by Crippen LogP contribution is -2.62. The molecule has 13 atom stereocenters. The number of nitrogens with zero attached hydrogens (tertiary/aromatic N) is 1. The molecule has 114 heavy (non-hydrogen) atoms. The number of carboxylic acids is 2. The Morgan fingerprint density at radius 3 is 1.44 bits per heavy atom. The number of aromatic amines is 3. The Bertz CT molecular complexity index is 4490. The third kappa shape index (κ3) is 26.9. The van der Waals surface area contributed by atoms with E-state index in [1.54, 1.807) is 105 Å². The molecule has 38 heteroatoms. The topological polar surface area (TPSA) is 577 Å².